The fraction of sp³-hybridized carbons (Fsp3) is 0.615. The van der Waals surface area contributed by atoms with E-state index in [0.717, 1.165) is 19.3 Å². The lowest BCUT2D eigenvalue weighted by Gasteiger charge is -2.32. The molecule has 2 aliphatic rings. The van der Waals surface area contributed by atoms with Crippen molar-refractivity contribution in [3.8, 4) is 6.07 Å². The van der Waals surface area contributed by atoms with E-state index in [2.05, 4.69) is 11.4 Å². The lowest BCUT2D eigenvalue weighted by Crippen LogP contribution is -2.49. The lowest BCUT2D eigenvalue weighted by molar-refractivity contribution is -0.132. The van der Waals surface area contributed by atoms with Crippen molar-refractivity contribution < 1.29 is 14.7 Å². The molecular weight excluding hydrogens is 296 g/mol. The molecule has 0 bridgehead atoms. The van der Waals surface area contributed by atoms with Gasteiger partial charge in [0.05, 0.1) is 11.0 Å². The molecule has 0 aromatic heterocycles. The minimum absolute atomic E-state index is 0.0997. The van der Waals surface area contributed by atoms with Crippen molar-refractivity contribution in [3.63, 3.8) is 0 Å². The van der Waals surface area contributed by atoms with Crippen molar-refractivity contribution in [2.24, 2.45) is 0 Å². The molecule has 1 aliphatic heterocycles. The van der Waals surface area contributed by atoms with Crippen LogP contribution in [0.25, 0.3) is 0 Å². The van der Waals surface area contributed by atoms with Crippen LogP contribution in [-0.2, 0) is 9.59 Å². The molecule has 0 aromatic carbocycles. The Labute approximate surface area is 126 Å². The third-order valence-corrected chi connectivity index (χ3v) is 6.01. The topological polar surface area (TPSA) is 90.2 Å². The molecule has 1 aliphatic carbocycles. The first-order valence-corrected chi connectivity index (χ1v) is 8.52. The molecule has 2 rings (SSSR count). The van der Waals surface area contributed by atoms with Gasteiger partial charge in [0, 0.05) is 11.5 Å². The van der Waals surface area contributed by atoms with Gasteiger partial charge in [-0.1, -0.05) is 19.3 Å². The van der Waals surface area contributed by atoms with Gasteiger partial charge in [-0.3, -0.25) is 4.79 Å². The maximum atomic E-state index is 12.3. The number of carboxylic acid groups (broad SMARTS) is 1. The van der Waals surface area contributed by atoms with Crippen LogP contribution in [-0.4, -0.2) is 34.0 Å². The van der Waals surface area contributed by atoms with E-state index in [1.165, 1.54) is 23.5 Å². The third-order valence-electron chi connectivity index (χ3n) is 3.46. The van der Waals surface area contributed by atoms with Crippen LogP contribution in [0.3, 0.4) is 0 Å². The van der Waals surface area contributed by atoms with Crippen molar-refractivity contribution in [3.05, 3.63) is 9.81 Å². The number of hydrogen-bond acceptors (Lipinski definition) is 5. The highest BCUT2D eigenvalue weighted by molar-refractivity contribution is 8.11. The largest absolute Gasteiger partial charge is 0.477 e. The zero-order chi connectivity index (χ0) is 14.6. The summed E-state index contributed by atoms with van der Waals surface area (Å²) >= 11 is 2.45. The van der Waals surface area contributed by atoms with E-state index in [9.17, 15) is 14.9 Å². The van der Waals surface area contributed by atoms with E-state index in [4.69, 9.17) is 5.11 Å². The molecule has 0 radical (unpaired) electrons. The van der Waals surface area contributed by atoms with E-state index in [1.807, 2.05) is 0 Å². The number of nitrogens with zero attached hydrogens (tertiary/aromatic N) is 1. The summed E-state index contributed by atoms with van der Waals surface area (Å²) in [6.45, 7) is 0. The van der Waals surface area contributed by atoms with Gasteiger partial charge < -0.3 is 10.4 Å². The average molecular weight is 312 g/mol. The van der Waals surface area contributed by atoms with Crippen LogP contribution in [0.2, 0.25) is 0 Å². The molecule has 0 saturated heterocycles. The van der Waals surface area contributed by atoms with Gasteiger partial charge in [-0.15, -0.1) is 23.5 Å². The zero-order valence-corrected chi connectivity index (χ0v) is 12.6. The highest BCUT2D eigenvalue weighted by Crippen LogP contribution is 2.35. The first-order chi connectivity index (χ1) is 9.58. The Morgan fingerprint density at radius 1 is 1.15 bits per heavy atom. The molecule has 0 spiro atoms. The fourth-order valence-electron chi connectivity index (χ4n) is 2.44. The molecule has 1 saturated carbocycles. The standard InChI is InChI=1S/C13H16N2O3S2/c14-8-13(4-2-1-3-5-13)15-11(16)9-10(12(17)18)20-7-6-19-9/h1-7H2,(H,15,16)(H,17,18). The normalized spacial score (nSPS) is 21.9. The monoisotopic (exact) mass is 312 g/mol. The molecule has 7 heteroatoms. The number of carboxylic acids is 1. The van der Waals surface area contributed by atoms with Gasteiger partial charge in [-0.25, -0.2) is 4.79 Å². The van der Waals surface area contributed by atoms with Crippen LogP contribution in [0.5, 0.6) is 0 Å². The van der Waals surface area contributed by atoms with Crippen molar-refractivity contribution >= 4 is 35.4 Å². The minimum atomic E-state index is -1.07. The number of nitriles is 1. The van der Waals surface area contributed by atoms with E-state index >= 15 is 0 Å². The fourth-order valence-corrected chi connectivity index (χ4v) is 4.62. The number of aliphatic carboxylic acids is 1. The van der Waals surface area contributed by atoms with Crippen molar-refractivity contribution in [1.82, 2.24) is 5.32 Å². The number of hydrogen-bond donors (Lipinski definition) is 2. The summed E-state index contributed by atoms with van der Waals surface area (Å²) in [5, 5.41) is 21.3. The Kier molecular flexibility index (Phi) is 5.00. The number of carbonyl (C=O) groups excluding carboxylic acids is 1. The van der Waals surface area contributed by atoms with E-state index in [0.29, 0.717) is 24.3 Å². The van der Waals surface area contributed by atoms with Crippen molar-refractivity contribution in [2.75, 3.05) is 11.5 Å². The average Bonchev–Trinajstić information content (AvgIpc) is 2.48. The molecule has 20 heavy (non-hydrogen) atoms. The Morgan fingerprint density at radius 2 is 1.75 bits per heavy atom. The quantitative estimate of drug-likeness (QED) is 0.829. The summed E-state index contributed by atoms with van der Waals surface area (Å²) in [7, 11) is 0. The summed E-state index contributed by atoms with van der Waals surface area (Å²) in [5.74, 6) is -0.0824. The number of rotatable bonds is 3. The first kappa shape index (κ1) is 15.3. The number of amides is 1. The van der Waals surface area contributed by atoms with Crippen LogP contribution in [0.1, 0.15) is 32.1 Å². The van der Waals surface area contributed by atoms with Crippen molar-refractivity contribution in [1.29, 1.82) is 5.26 Å². The van der Waals surface area contributed by atoms with Gasteiger partial charge in [0.15, 0.2) is 0 Å². The second kappa shape index (κ2) is 6.55. The van der Waals surface area contributed by atoms with Crippen LogP contribution in [0.15, 0.2) is 9.81 Å². The molecule has 1 amide bonds. The van der Waals surface area contributed by atoms with Gasteiger partial charge in [-0.2, -0.15) is 5.26 Å². The van der Waals surface area contributed by atoms with Crippen LogP contribution < -0.4 is 5.32 Å². The molecule has 0 unspecified atom stereocenters. The Hall–Kier alpha value is -1.13. The first-order valence-electron chi connectivity index (χ1n) is 6.55. The highest BCUT2D eigenvalue weighted by Gasteiger charge is 2.36. The molecular formula is C13H16N2O3S2. The van der Waals surface area contributed by atoms with Crippen LogP contribution >= 0.6 is 23.5 Å². The van der Waals surface area contributed by atoms with Gasteiger partial charge in [-0.05, 0) is 12.8 Å². The predicted molar refractivity (Wildman–Crippen MR) is 79.1 cm³/mol. The molecule has 2 N–H and O–H groups in total. The third kappa shape index (κ3) is 3.30. The summed E-state index contributed by atoms with van der Waals surface area (Å²) in [4.78, 5) is 23.8. The van der Waals surface area contributed by atoms with Gasteiger partial charge in [0.25, 0.3) is 5.91 Å². The lowest BCUT2D eigenvalue weighted by atomic mass is 9.83. The van der Waals surface area contributed by atoms with Gasteiger partial charge >= 0.3 is 5.97 Å². The van der Waals surface area contributed by atoms with E-state index in [-0.39, 0.29) is 9.81 Å². The Balaban J connectivity index is 2.18. The maximum absolute atomic E-state index is 12.3. The van der Waals surface area contributed by atoms with Gasteiger partial charge in [0.1, 0.15) is 10.4 Å². The molecule has 1 fully saturated rings. The Bertz CT molecular complexity index is 490. The summed E-state index contributed by atoms with van der Waals surface area (Å²) in [6.07, 6.45) is 4.19. The maximum Gasteiger partial charge on any atom is 0.343 e. The molecule has 0 atom stereocenters. The van der Waals surface area contributed by atoms with Crippen molar-refractivity contribution in [2.45, 2.75) is 37.6 Å². The molecule has 5 nitrogen and oxygen atoms in total. The van der Waals surface area contributed by atoms with E-state index < -0.39 is 17.4 Å². The van der Waals surface area contributed by atoms with Crippen LogP contribution in [0.4, 0.5) is 0 Å². The van der Waals surface area contributed by atoms with E-state index in [1.54, 1.807) is 0 Å². The Morgan fingerprint density at radius 3 is 2.30 bits per heavy atom. The summed E-state index contributed by atoms with van der Waals surface area (Å²) < 4.78 is 0. The zero-order valence-electron chi connectivity index (χ0n) is 11.0. The number of nitrogens with one attached hydrogen (secondary N) is 1. The molecule has 1 heterocycles. The highest BCUT2D eigenvalue weighted by atomic mass is 32.2. The minimum Gasteiger partial charge on any atom is -0.477 e. The predicted octanol–water partition coefficient (Wildman–Crippen LogP) is 2.11. The second-order valence-electron chi connectivity index (χ2n) is 4.87. The molecule has 0 aromatic rings. The van der Waals surface area contributed by atoms with Crippen LogP contribution in [0, 0.1) is 11.3 Å². The smallest absolute Gasteiger partial charge is 0.343 e. The number of carbonyl (C=O) groups is 2. The number of thioether (sulfide) groups is 2. The molecule has 108 valence electrons. The summed E-state index contributed by atoms with van der Waals surface area (Å²) in [5.41, 5.74) is -0.825. The SMILES string of the molecule is N#CC1(NC(=O)C2=C(C(=O)O)SCCS2)CCCCC1. The second-order valence-corrected chi connectivity index (χ2v) is 7.08. The van der Waals surface area contributed by atoms with Gasteiger partial charge in [0.2, 0.25) is 0 Å². The summed E-state index contributed by atoms with van der Waals surface area (Å²) in [6, 6.07) is 2.21.